The van der Waals surface area contributed by atoms with E-state index >= 15 is 0 Å². The van der Waals surface area contributed by atoms with Crippen LogP contribution in [-0.4, -0.2) is 25.3 Å². The zero-order valence-corrected chi connectivity index (χ0v) is 7.83. The van der Waals surface area contributed by atoms with Gasteiger partial charge in [0.25, 0.3) is 0 Å². The van der Waals surface area contributed by atoms with Crippen LogP contribution in [0.15, 0.2) is 0 Å². The van der Waals surface area contributed by atoms with Crippen molar-refractivity contribution in [2.45, 2.75) is 38.2 Å². The van der Waals surface area contributed by atoms with Gasteiger partial charge in [-0.3, -0.25) is 4.79 Å². The van der Waals surface area contributed by atoms with E-state index in [-0.39, 0.29) is 18.0 Å². The highest BCUT2D eigenvalue weighted by Crippen LogP contribution is 2.22. The average molecular weight is 184 g/mol. The zero-order valence-electron chi connectivity index (χ0n) is 7.83. The van der Waals surface area contributed by atoms with Crippen LogP contribution in [0, 0.1) is 5.92 Å². The van der Waals surface area contributed by atoms with Crippen LogP contribution in [0.1, 0.15) is 32.1 Å². The monoisotopic (exact) mass is 184 g/mol. The lowest BCUT2D eigenvalue weighted by Crippen LogP contribution is -2.38. The van der Waals surface area contributed by atoms with E-state index in [4.69, 9.17) is 9.47 Å². The van der Waals surface area contributed by atoms with Crippen LogP contribution in [0.4, 0.5) is 0 Å². The fourth-order valence-corrected chi connectivity index (χ4v) is 1.82. The molecule has 0 radical (unpaired) electrons. The van der Waals surface area contributed by atoms with Gasteiger partial charge < -0.3 is 9.47 Å². The molecule has 2 aliphatic rings. The van der Waals surface area contributed by atoms with E-state index in [9.17, 15) is 4.79 Å². The topological polar surface area (TPSA) is 35.5 Å². The van der Waals surface area contributed by atoms with Crippen molar-refractivity contribution in [1.82, 2.24) is 0 Å². The SMILES string of the molecule is O=C(OC1CCCCC1)C1COC1. The van der Waals surface area contributed by atoms with Gasteiger partial charge in [0.15, 0.2) is 0 Å². The number of carbonyl (C=O) groups is 1. The van der Waals surface area contributed by atoms with E-state index in [0.717, 1.165) is 12.8 Å². The van der Waals surface area contributed by atoms with Gasteiger partial charge in [-0.15, -0.1) is 0 Å². The molecule has 3 nitrogen and oxygen atoms in total. The molecule has 1 heterocycles. The summed E-state index contributed by atoms with van der Waals surface area (Å²) in [6.07, 6.45) is 6.01. The van der Waals surface area contributed by atoms with Crippen LogP contribution < -0.4 is 0 Å². The third kappa shape index (κ3) is 2.21. The number of hydrogen-bond donors (Lipinski definition) is 0. The molecular formula is C10H16O3. The first-order chi connectivity index (χ1) is 6.36. The fourth-order valence-electron chi connectivity index (χ4n) is 1.82. The first kappa shape index (κ1) is 9.00. The normalized spacial score (nSPS) is 25.2. The maximum absolute atomic E-state index is 11.4. The Morgan fingerprint density at radius 1 is 1.15 bits per heavy atom. The molecular weight excluding hydrogens is 168 g/mol. The number of carbonyl (C=O) groups excluding carboxylic acids is 1. The Morgan fingerprint density at radius 3 is 2.38 bits per heavy atom. The van der Waals surface area contributed by atoms with E-state index in [0.29, 0.717) is 13.2 Å². The van der Waals surface area contributed by atoms with Crippen LogP contribution in [-0.2, 0) is 14.3 Å². The minimum absolute atomic E-state index is 0.0296. The van der Waals surface area contributed by atoms with E-state index in [1.807, 2.05) is 0 Å². The van der Waals surface area contributed by atoms with E-state index in [2.05, 4.69) is 0 Å². The number of hydrogen-bond acceptors (Lipinski definition) is 3. The van der Waals surface area contributed by atoms with Crippen LogP contribution in [0.3, 0.4) is 0 Å². The van der Waals surface area contributed by atoms with Gasteiger partial charge in [-0.1, -0.05) is 6.42 Å². The molecule has 0 N–H and O–H groups in total. The molecule has 0 spiro atoms. The van der Waals surface area contributed by atoms with Crippen LogP contribution in [0.25, 0.3) is 0 Å². The quantitative estimate of drug-likeness (QED) is 0.610. The highest BCUT2D eigenvalue weighted by atomic mass is 16.6. The highest BCUT2D eigenvalue weighted by molar-refractivity contribution is 5.73. The van der Waals surface area contributed by atoms with Gasteiger partial charge in [-0.25, -0.2) is 0 Å². The Labute approximate surface area is 78.4 Å². The first-order valence-corrected chi connectivity index (χ1v) is 5.14. The minimum atomic E-state index is -0.0434. The molecule has 0 aromatic carbocycles. The predicted molar refractivity (Wildman–Crippen MR) is 47.3 cm³/mol. The van der Waals surface area contributed by atoms with Crippen molar-refractivity contribution in [1.29, 1.82) is 0 Å². The van der Waals surface area contributed by atoms with Gasteiger partial charge in [0, 0.05) is 0 Å². The molecule has 0 unspecified atom stereocenters. The van der Waals surface area contributed by atoms with Gasteiger partial charge in [0.05, 0.1) is 13.2 Å². The third-order valence-electron chi connectivity index (χ3n) is 2.81. The summed E-state index contributed by atoms with van der Waals surface area (Å²) in [7, 11) is 0. The summed E-state index contributed by atoms with van der Waals surface area (Å²) in [6.45, 7) is 1.12. The van der Waals surface area contributed by atoms with Crippen LogP contribution in [0.5, 0.6) is 0 Å². The van der Waals surface area contributed by atoms with Gasteiger partial charge in [0.2, 0.25) is 0 Å². The molecule has 0 aromatic heterocycles. The van der Waals surface area contributed by atoms with Gasteiger partial charge in [-0.2, -0.15) is 0 Å². The standard InChI is InChI=1S/C10H16O3/c11-10(8-6-12-7-8)13-9-4-2-1-3-5-9/h8-9H,1-7H2. The maximum atomic E-state index is 11.4. The molecule has 0 atom stereocenters. The lowest BCUT2D eigenvalue weighted by atomic mass is 9.97. The lowest BCUT2D eigenvalue weighted by molar-refractivity contribution is -0.170. The van der Waals surface area contributed by atoms with Crippen molar-refractivity contribution >= 4 is 5.97 Å². The second kappa shape index (κ2) is 4.09. The summed E-state index contributed by atoms with van der Waals surface area (Å²) < 4.78 is 10.3. The van der Waals surface area contributed by atoms with Gasteiger partial charge in [-0.05, 0) is 25.7 Å². The number of rotatable bonds is 2. The highest BCUT2D eigenvalue weighted by Gasteiger charge is 2.30. The molecule has 0 bridgehead atoms. The summed E-state index contributed by atoms with van der Waals surface area (Å²) in [6, 6.07) is 0. The molecule has 1 aliphatic heterocycles. The molecule has 74 valence electrons. The van der Waals surface area contributed by atoms with Crippen LogP contribution in [0.2, 0.25) is 0 Å². The maximum Gasteiger partial charge on any atom is 0.313 e. The summed E-state index contributed by atoms with van der Waals surface area (Å²) in [5.41, 5.74) is 0. The Bertz CT molecular complexity index is 181. The van der Waals surface area contributed by atoms with Gasteiger partial charge in [0.1, 0.15) is 12.0 Å². The minimum Gasteiger partial charge on any atom is -0.462 e. The van der Waals surface area contributed by atoms with Crippen molar-refractivity contribution < 1.29 is 14.3 Å². The molecule has 2 fully saturated rings. The average Bonchev–Trinajstić information content (AvgIpc) is 2.02. The summed E-state index contributed by atoms with van der Waals surface area (Å²) >= 11 is 0. The Kier molecular flexibility index (Phi) is 2.83. The van der Waals surface area contributed by atoms with E-state index < -0.39 is 0 Å². The molecule has 1 saturated carbocycles. The van der Waals surface area contributed by atoms with Crippen molar-refractivity contribution in [2.24, 2.45) is 5.92 Å². The fraction of sp³-hybridized carbons (Fsp3) is 0.900. The molecule has 1 saturated heterocycles. The van der Waals surface area contributed by atoms with Crippen molar-refractivity contribution in [2.75, 3.05) is 13.2 Å². The Hall–Kier alpha value is -0.570. The molecule has 0 amide bonds. The number of ether oxygens (including phenoxy) is 2. The summed E-state index contributed by atoms with van der Waals surface area (Å²) in [4.78, 5) is 11.4. The van der Waals surface area contributed by atoms with Gasteiger partial charge >= 0.3 is 5.97 Å². The van der Waals surface area contributed by atoms with Crippen LogP contribution >= 0.6 is 0 Å². The Balaban J connectivity index is 1.72. The molecule has 3 heteroatoms. The largest absolute Gasteiger partial charge is 0.462 e. The number of esters is 1. The summed E-state index contributed by atoms with van der Waals surface area (Å²) in [5.74, 6) is -0.0138. The van der Waals surface area contributed by atoms with Crippen molar-refractivity contribution in [3.05, 3.63) is 0 Å². The lowest BCUT2D eigenvalue weighted by Gasteiger charge is -2.28. The van der Waals surface area contributed by atoms with Crippen molar-refractivity contribution in [3.63, 3.8) is 0 Å². The van der Waals surface area contributed by atoms with Crippen molar-refractivity contribution in [3.8, 4) is 0 Å². The second-order valence-corrected chi connectivity index (χ2v) is 3.93. The third-order valence-corrected chi connectivity index (χ3v) is 2.81. The smallest absolute Gasteiger partial charge is 0.313 e. The first-order valence-electron chi connectivity index (χ1n) is 5.14. The Morgan fingerprint density at radius 2 is 1.85 bits per heavy atom. The van der Waals surface area contributed by atoms with E-state index in [1.165, 1.54) is 19.3 Å². The van der Waals surface area contributed by atoms with E-state index in [1.54, 1.807) is 0 Å². The second-order valence-electron chi connectivity index (χ2n) is 3.93. The molecule has 2 rings (SSSR count). The zero-order chi connectivity index (χ0) is 9.10. The molecule has 0 aromatic rings. The molecule has 13 heavy (non-hydrogen) atoms. The summed E-state index contributed by atoms with van der Waals surface area (Å²) in [5, 5.41) is 0. The molecule has 1 aliphatic carbocycles. The predicted octanol–water partition coefficient (Wildman–Crippen LogP) is 1.51.